The van der Waals surface area contributed by atoms with Crippen molar-refractivity contribution in [2.24, 2.45) is 5.73 Å². The topological polar surface area (TPSA) is 92.8 Å². The Balaban J connectivity index is 2.69. The lowest BCUT2D eigenvalue weighted by Gasteiger charge is -2.15. The molecule has 4 N–H and O–H groups in total. The molecule has 0 saturated carbocycles. The van der Waals surface area contributed by atoms with Gasteiger partial charge in [0.2, 0.25) is 11.6 Å². The Morgan fingerprint density at radius 3 is 2.40 bits per heavy atom. The molecule has 0 bridgehead atoms. The van der Waals surface area contributed by atoms with E-state index in [0.29, 0.717) is 0 Å². The van der Waals surface area contributed by atoms with Crippen molar-refractivity contribution in [1.29, 1.82) is 0 Å². The van der Waals surface area contributed by atoms with Gasteiger partial charge in [0, 0.05) is 12.5 Å². The van der Waals surface area contributed by atoms with Gasteiger partial charge in [0.1, 0.15) is 12.6 Å². The number of aliphatic hydroxyl groups is 1. The normalized spacial score (nSPS) is 13.9. The van der Waals surface area contributed by atoms with Crippen molar-refractivity contribution in [2.75, 3.05) is 6.61 Å². The fraction of sp³-hybridized carbons (Fsp3) is 0.364. The number of aliphatic hydroxyl groups excluding tert-OH is 1. The summed E-state index contributed by atoms with van der Waals surface area (Å²) in [6.07, 6.45) is -1.82. The van der Waals surface area contributed by atoms with Crippen LogP contribution in [0.4, 0.5) is 17.6 Å². The third-order valence-electron chi connectivity index (χ3n) is 2.34. The van der Waals surface area contributed by atoms with Gasteiger partial charge >= 0.3 is 5.97 Å². The van der Waals surface area contributed by atoms with E-state index in [1.54, 1.807) is 0 Å². The van der Waals surface area contributed by atoms with Gasteiger partial charge in [-0.15, -0.1) is 0 Å². The Labute approximate surface area is 110 Å². The van der Waals surface area contributed by atoms with Gasteiger partial charge in [-0.3, -0.25) is 4.79 Å². The number of carboxylic acids is 1. The zero-order chi connectivity index (χ0) is 15.4. The number of rotatable bonds is 6. The lowest BCUT2D eigenvalue weighted by Crippen LogP contribution is -2.36. The van der Waals surface area contributed by atoms with Gasteiger partial charge in [0.15, 0.2) is 17.4 Å². The number of aliphatic carboxylic acids is 1. The average Bonchev–Trinajstić information content (AvgIpc) is 2.38. The lowest BCUT2D eigenvalue weighted by atomic mass is 10.1. The van der Waals surface area contributed by atoms with E-state index in [1.165, 1.54) is 0 Å². The van der Waals surface area contributed by atoms with E-state index in [4.69, 9.17) is 10.8 Å². The second-order valence-corrected chi connectivity index (χ2v) is 3.94. The zero-order valence-electron chi connectivity index (χ0n) is 9.95. The summed E-state index contributed by atoms with van der Waals surface area (Å²) in [6, 6.07) is -1.10. The first kappa shape index (κ1) is 16.2. The molecular weight excluding hydrogens is 286 g/mol. The minimum atomic E-state index is -2.04. The van der Waals surface area contributed by atoms with Crippen LogP contribution < -0.4 is 10.5 Å². The Morgan fingerprint density at radius 1 is 1.25 bits per heavy atom. The average molecular weight is 297 g/mol. The minimum absolute atomic E-state index is 0.275. The number of carbonyl (C=O) groups is 1. The number of benzene rings is 1. The van der Waals surface area contributed by atoms with E-state index in [1.807, 2.05) is 0 Å². The summed E-state index contributed by atoms with van der Waals surface area (Å²) in [4.78, 5) is 10.4. The SMILES string of the molecule is NC(CC(O)COc1cc(F)c(F)c(F)c1F)C(=O)O. The highest BCUT2D eigenvalue weighted by molar-refractivity contribution is 5.73. The first-order chi connectivity index (χ1) is 9.23. The van der Waals surface area contributed by atoms with Crippen molar-refractivity contribution >= 4 is 5.97 Å². The maximum Gasteiger partial charge on any atom is 0.320 e. The molecule has 0 fully saturated rings. The fourth-order valence-corrected chi connectivity index (χ4v) is 1.30. The van der Waals surface area contributed by atoms with Crippen molar-refractivity contribution < 1.29 is 37.3 Å². The van der Waals surface area contributed by atoms with Crippen LogP contribution >= 0.6 is 0 Å². The predicted octanol–water partition coefficient (Wildman–Crippen LogP) is 0.785. The highest BCUT2D eigenvalue weighted by Crippen LogP contribution is 2.24. The Kier molecular flexibility index (Phi) is 5.28. The lowest BCUT2D eigenvalue weighted by molar-refractivity contribution is -0.139. The van der Waals surface area contributed by atoms with Crippen LogP contribution in [0.2, 0.25) is 0 Å². The van der Waals surface area contributed by atoms with E-state index < -0.39 is 60.2 Å². The molecule has 9 heteroatoms. The summed E-state index contributed by atoms with van der Waals surface area (Å²) in [5.74, 6) is -9.74. The highest BCUT2D eigenvalue weighted by Gasteiger charge is 2.22. The molecule has 1 aromatic rings. The molecular formula is C11H11F4NO4. The molecule has 0 aliphatic heterocycles. The monoisotopic (exact) mass is 297 g/mol. The smallest absolute Gasteiger partial charge is 0.320 e. The maximum atomic E-state index is 13.2. The Hall–Kier alpha value is -1.87. The Bertz CT molecular complexity index is 512. The molecule has 1 aromatic carbocycles. The van der Waals surface area contributed by atoms with Crippen LogP contribution in [0.1, 0.15) is 6.42 Å². The number of halogens is 4. The standard InChI is InChI=1S/C11H11F4NO4/c12-5-2-7(9(14)10(15)8(5)13)20-3-4(17)1-6(16)11(18)19/h2,4,6,17H,1,3,16H2,(H,18,19). The summed E-state index contributed by atoms with van der Waals surface area (Å²) in [6.45, 7) is -0.664. The second kappa shape index (κ2) is 6.53. The Morgan fingerprint density at radius 2 is 1.85 bits per heavy atom. The minimum Gasteiger partial charge on any atom is -0.488 e. The van der Waals surface area contributed by atoms with Crippen molar-refractivity contribution in [3.63, 3.8) is 0 Å². The molecule has 5 nitrogen and oxygen atoms in total. The van der Waals surface area contributed by atoms with E-state index in [-0.39, 0.29) is 6.07 Å². The van der Waals surface area contributed by atoms with E-state index in [9.17, 15) is 27.5 Å². The number of hydrogen-bond acceptors (Lipinski definition) is 4. The summed E-state index contributed by atoms with van der Waals surface area (Å²) in [5, 5.41) is 17.8. The van der Waals surface area contributed by atoms with Gasteiger partial charge in [0.05, 0.1) is 6.10 Å². The third-order valence-corrected chi connectivity index (χ3v) is 2.34. The molecule has 0 aromatic heterocycles. The third kappa shape index (κ3) is 3.81. The molecule has 2 unspecified atom stereocenters. The molecule has 2 atom stereocenters. The molecule has 112 valence electrons. The molecule has 0 amide bonds. The maximum absolute atomic E-state index is 13.2. The molecule has 20 heavy (non-hydrogen) atoms. The largest absolute Gasteiger partial charge is 0.488 e. The van der Waals surface area contributed by atoms with E-state index >= 15 is 0 Å². The van der Waals surface area contributed by atoms with E-state index in [0.717, 1.165) is 0 Å². The van der Waals surface area contributed by atoms with Crippen LogP contribution in [0.5, 0.6) is 5.75 Å². The molecule has 1 rings (SSSR count). The number of hydrogen-bond donors (Lipinski definition) is 3. The van der Waals surface area contributed by atoms with Crippen LogP contribution in [0.15, 0.2) is 6.07 Å². The van der Waals surface area contributed by atoms with Gasteiger partial charge in [-0.2, -0.15) is 4.39 Å². The van der Waals surface area contributed by atoms with Crippen LogP contribution in [-0.2, 0) is 4.79 Å². The van der Waals surface area contributed by atoms with Crippen molar-refractivity contribution in [3.8, 4) is 5.75 Å². The fourth-order valence-electron chi connectivity index (χ4n) is 1.30. The summed E-state index contributed by atoms with van der Waals surface area (Å²) in [7, 11) is 0. The summed E-state index contributed by atoms with van der Waals surface area (Å²) >= 11 is 0. The highest BCUT2D eigenvalue weighted by atomic mass is 19.2. The molecule has 0 saturated heterocycles. The van der Waals surface area contributed by atoms with E-state index in [2.05, 4.69) is 4.74 Å². The molecule has 0 aliphatic rings. The van der Waals surface area contributed by atoms with Crippen molar-refractivity contribution in [3.05, 3.63) is 29.3 Å². The van der Waals surface area contributed by atoms with Gasteiger partial charge < -0.3 is 20.7 Å². The zero-order valence-corrected chi connectivity index (χ0v) is 9.95. The number of ether oxygens (including phenoxy) is 1. The van der Waals surface area contributed by atoms with Crippen molar-refractivity contribution in [1.82, 2.24) is 0 Å². The van der Waals surface area contributed by atoms with Crippen LogP contribution in [0.3, 0.4) is 0 Å². The quantitative estimate of drug-likeness (QED) is 0.410. The summed E-state index contributed by atoms with van der Waals surface area (Å²) < 4.78 is 56.1. The van der Waals surface area contributed by atoms with Gasteiger partial charge in [-0.25, -0.2) is 13.2 Å². The number of nitrogens with two attached hydrogens (primary N) is 1. The predicted molar refractivity (Wildman–Crippen MR) is 58.0 cm³/mol. The second-order valence-electron chi connectivity index (χ2n) is 3.94. The van der Waals surface area contributed by atoms with Crippen molar-refractivity contribution in [2.45, 2.75) is 18.6 Å². The molecule has 0 spiro atoms. The molecule has 0 heterocycles. The summed E-state index contributed by atoms with van der Waals surface area (Å²) in [5.41, 5.74) is 5.13. The molecule has 0 aliphatic carbocycles. The molecule has 0 radical (unpaired) electrons. The van der Waals surface area contributed by atoms with Gasteiger partial charge in [-0.05, 0) is 0 Å². The van der Waals surface area contributed by atoms with Crippen LogP contribution in [0, 0.1) is 23.3 Å². The van der Waals surface area contributed by atoms with Gasteiger partial charge in [-0.1, -0.05) is 0 Å². The van der Waals surface area contributed by atoms with Crippen LogP contribution in [-0.4, -0.2) is 34.9 Å². The first-order valence-corrected chi connectivity index (χ1v) is 5.36. The van der Waals surface area contributed by atoms with Gasteiger partial charge in [0.25, 0.3) is 0 Å². The van der Waals surface area contributed by atoms with Crippen LogP contribution in [0.25, 0.3) is 0 Å². The number of carboxylic acid groups (broad SMARTS) is 1. The first-order valence-electron chi connectivity index (χ1n) is 5.36.